The van der Waals surface area contributed by atoms with Crippen LogP contribution in [-0.4, -0.2) is 27.0 Å². The summed E-state index contributed by atoms with van der Waals surface area (Å²) in [5.74, 6) is -0.918. The van der Waals surface area contributed by atoms with Crippen molar-refractivity contribution in [1.82, 2.24) is 20.5 Å². The summed E-state index contributed by atoms with van der Waals surface area (Å²) in [6.07, 6.45) is -0.0742. The van der Waals surface area contributed by atoms with Crippen molar-refractivity contribution in [3.8, 4) is 0 Å². The molecule has 4 N–H and O–H groups in total. The molecule has 0 aliphatic heterocycles. The normalized spacial score (nSPS) is 10.2. The van der Waals surface area contributed by atoms with E-state index in [9.17, 15) is 18.8 Å². The van der Waals surface area contributed by atoms with Crippen molar-refractivity contribution in [2.75, 3.05) is 5.32 Å². The van der Waals surface area contributed by atoms with Gasteiger partial charge in [0, 0.05) is 18.5 Å². The Bertz CT molecular complexity index is 724. The van der Waals surface area contributed by atoms with Crippen molar-refractivity contribution in [2.24, 2.45) is 0 Å². The fourth-order valence-electron chi connectivity index (χ4n) is 1.68. The van der Waals surface area contributed by atoms with E-state index in [0.29, 0.717) is 11.5 Å². The Kier molecular flexibility index (Phi) is 5.02. The number of carbonyl (C=O) groups is 2. The zero-order chi connectivity index (χ0) is 15.9. The zero-order valence-electron chi connectivity index (χ0n) is 11.5. The van der Waals surface area contributed by atoms with Crippen molar-refractivity contribution >= 4 is 17.5 Å². The maximum atomic E-state index is 12.9. The first-order valence-electron chi connectivity index (χ1n) is 6.48. The third-order valence-electron chi connectivity index (χ3n) is 2.69. The summed E-state index contributed by atoms with van der Waals surface area (Å²) in [6.45, 7) is 0.0586. The number of nitrogens with zero attached hydrogens (tertiary/aromatic N) is 1. The van der Waals surface area contributed by atoms with Crippen molar-refractivity contribution < 1.29 is 14.0 Å². The minimum absolute atomic E-state index is 0.0319. The molecule has 1 aromatic carbocycles. The summed E-state index contributed by atoms with van der Waals surface area (Å²) in [5.41, 5.74) is -0.127. The zero-order valence-corrected chi connectivity index (χ0v) is 11.5. The highest BCUT2D eigenvalue weighted by Crippen LogP contribution is 2.09. The molecule has 0 fully saturated rings. The number of H-pyrrole nitrogens is 2. The molecule has 2 rings (SSSR count). The lowest BCUT2D eigenvalue weighted by Gasteiger charge is -2.05. The van der Waals surface area contributed by atoms with Crippen molar-refractivity contribution in [2.45, 2.75) is 19.4 Å². The van der Waals surface area contributed by atoms with Crippen LogP contribution in [0.15, 0.2) is 29.1 Å². The van der Waals surface area contributed by atoms with Crippen LogP contribution >= 0.6 is 0 Å². The second-order valence-electron chi connectivity index (χ2n) is 4.46. The molecular weight excluding hydrogens is 293 g/mol. The number of halogens is 1. The molecule has 0 atom stereocenters. The van der Waals surface area contributed by atoms with Gasteiger partial charge in [-0.2, -0.15) is 5.10 Å². The van der Waals surface area contributed by atoms with Gasteiger partial charge in [-0.1, -0.05) is 6.07 Å². The quantitative estimate of drug-likeness (QED) is 0.612. The number of rotatable bonds is 6. The van der Waals surface area contributed by atoms with Crippen LogP contribution in [-0.2, 0) is 16.1 Å². The molecule has 0 saturated carbocycles. The molecule has 0 radical (unpaired) electrons. The van der Waals surface area contributed by atoms with E-state index in [1.807, 2.05) is 0 Å². The summed E-state index contributed by atoms with van der Waals surface area (Å²) in [6, 6.07) is 5.48. The van der Waals surface area contributed by atoms with E-state index in [1.54, 1.807) is 6.07 Å². The maximum Gasteiger partial charge on any atom is 0.340 e. The Hall–Kier alpha value is -2.97. The van der Waals surface area contributed by atoms with Gasteiger partial charge in [0.05, 0.1) is 6.54 Å². The number of carbonyl (C=O) groups excluding carboxylic acids is 2. The predicted molar refractivity (Wildman–Crippen MR) is 75.3 cm³/mol. The molecular formula is C13H14FN5O3. The number of anilines is 1. The standard InChI is InChI=1S/C13H14FN5O3/c14-8-2-1-3-9(6-8)16-12(21)5-4-11(20)15-7-10-17-13(22)19-18-10/h1-3,6H,4-5,7H2,(H,15,20)(H,16,21)(H2,17,18,19,22). The van der Waals surface area contributed by atoms with Crippen LogP contribution in [0.25, 0.3) is 0 Å². The lowest BCUT2D eigenvalue weighted by Crippen LogP contribution is -2.25. The molecule has 1 heterocycles. The second kappa shape index (κ2) is 7.16. The van der Waals surface area contributed by atoms with Crippen LogP contribution in [0.5, 0.6) is 0 Å². The van der Waals surface area contributed by atoms with E-state index < -0.39 is 17.4 Å². The topological polar surface area (TPSA) is 120 Å². The minimum Gasteiger partial charge on any atom is -0.349 e. The Labute approximate surface area is 124 Å². The molecule has 9 heteroatoms. The van der Waals surface area contributed by atoms with Gasteiger partial charge < -0.3 is 10.6 Å². The first-order chi connectivity index (χ1) is 10.5. The highest BCUT2D eigenvalue weighted by Gasteiger charge is 2.08. The third-order valence-corrected chi connectivity index (χ3v) is 2.69. The van der Waals surface area contributed by atoms with Gasteiger partial charge in [-0.05, 0) is 18.2 Å². The summed E-state index contributed by atoms with van der Waals surface area (Å²) >= 11 is 0. The smallest absolute Gasteiger partial charge is 0.340 e. The molecule has 0 bridgehead atoms. The molecule has 0 unspecified atom stereocenters. The molecule has 1 aromatic heterocycles. The highest BCUT2D eigenvalue weighted by molar-refractivity contribution is 5.93. The van der Waals surface area contributed by atoms with Crippen LogP contribution in [0.4, 0.5) is 10.1 Å². The first-order valence-corrected chi connectivity index (χ1v) is 6.48. The molecule has 8 nitrogen and oxygen atoms in total. The van der Waals surface area contributed by atoms with Gasteiger partial charge in [0.2, 0.25) is 11.8 Å². The van der Waals surface area contributed by atoms with Gasteiger partial charge in [-0.3, -0.25) is 14.6 Å². The molecule has 2 aromatic rings. The fraction of sp³-hybridized carbons (Fsp3) is 0.231. The van der Waals surface area contributed by atoms with E-state index in [2.05, 4.69) is 25.8 Å². The summed E-state index contributed by atoms with van der Waals surface area (Å²) in [4.78, 5) is 36.3. The summed E-state index contributed by atoms with van der Waals surface area (Å²) in [5, 5.41) is 10.8. The van der Waals surface area contributed by atoms with Gasteiger partial charge in [-0.25, -0.2) is 14.3 Å². The van der Waals surface area contributed by atoms with E-state index in [1.165, 1.54) is 18.2 Å². The summed E-state index contributed by atoms with van der Waals surface area (Å²) in [7, 11) is 0. The first kappa shape index (κ1) is 15.4. The van der Waals surface area contributed by atoms with Crippen molar-refractivity contribution in [1.29, 1.82) is 0 Å². The van der Waals surface area contributed by atoms with Crippen molar-refractivity contribution in [3.63, 3.8) is 0 Å². The van der Waals surface area contributed by atoms with Crippen LogP contribution in [0.3, 0.4) is 0 Å². The van der Waals surface area contributed by atoms with Gasteiger partial charge >= 0.3 is 5.69 Å². The molecule has 0 aliphatic carbocycles. The molecule has 2 amide bonds. The number of hydrogen-bond acceptors (Lipinski definition) is 4. The average Bonchev–Trinajstić information content (AvgIpc) is 2.89. The molecule has 116 valence electrons. The van der Waals surface area contributed by atoms with E-state index in [0.717, 1.165) is 0 Å². The molecule has 0 spiro atoms. The SMILES string of the molecule is O=C(CCC(=O)Nc1cccc(F)c1)NCc1n[nH]c(=O)[nH]1. The van der Waals surface area contributed by atoms with E-state index in [4.69, 9.17) is 0 Å². The molecule has 0 aliphatic rings. The molecule has 0 saturated heterocycles. The Morgan fingerprint density at radius 1 is 1.23 bits per heavy atom. The largest absolute Gasteiger partial charge is 0.349 e. The van der Waals surface area contributed by atoms with Gasteiger partial charge in [0.25, 0.3) is 0 Å². The fourth-order valence-corrected chi connectivity index (χ4v) is 1.68. The number of nitrogens with one attached hydrogen (secondary N) is 4. The highest BCUT2D eigenvalue weighted by atomic mass is 19.1. The third kappa shape index (κ3) is 4.85. The monoisotopic (exact) mass is 307 g/mol. The van der Waals surface area contributed by atoms with Gasteiger partial charge in [0.1, 0.15) is 11.6 Å². The van der Waals surface area contributed by atoms with E-state index >= 15 is 0 Å². The number of hydrogen-bond donors (Lipinski definition) is 4. The lowest BCUT2D eigenvalue weighted by molar-refractivity contribution is -0.124. The minimum atomic E-state index is -0.460. The Morgan fingerprint density at radius 2 is 2.00 bits per heavy atom. The second-order valence-corrected chi connectivity index (χ2v) is 4.46. The number of amides is 2. The average molecular weight is 307 g/mol. The predicted octanol–water partition coefficient (Wildman–Crippen LogP) is 0.272. The molecule has 22 heavy (non-hydrogen) atoms. The number of benzene rings is 1. The van der Waals surface area contributed by atoms with Crippen LogP contribution in [0, 0.1) is 5.82 Å². The van der Waals surface area contributed by atoms with Gasteiger partial charge in [-0.15, -0.1) is 0 Å². The number of aromatic nitrogens is 3. The Morgan fingerprint density at radius 3 is 2.68 bits per heavy atom. The van der Waals surface area contributed by atoms with Crippen LogP contribution < -0.4 is 16.3 Å². The maximum absolute atomic E-state index is 12.9. The van der Waals surface area contributed by atoms with E-state index in [-0.39, 0.29) is 25.3 Å². The van der Waals surface area contributed by atoms with Crippen LogP contribution in [0.1, 0.15) is 18.7 Å². The number of aromatic amines is 2. The van der Waals surface area contributed by atoms with Crippen molar-refractivity contribution in [3.05, 3.63) is 46.4 Å². The summed E-state index contributed by atoms with van der Waals surface area (Å²) < 4.78 is 12.9. The Balaban J connectivity index is 1.71. The van der Waals surface area contributed by atoms with Gasteiger partial charge in [0.15, 0.2) is 0 Å². The lowest BCUT2D eigenvalue weighted by atomic mass is 10.2. The van der Waals surface area contributed by atoms with Crippen LogP contribution in [0.2, 0.25) is 0 Å².